The van der Waals surface area contributed by atoms with Crippen LogP contribution in [0.2, 0.25) is 5.02 Å². The average Bonchev–Trinajstić information content (AvgIpc) is 3.17. The van der Waals surface area contributed by atoms with Crippen LogP contribution in [-0.2, 0) is 9.59 Å². The van der Waals surface area contributed by atoms with Gasteiger partial charge >= 0.3 is 0 Å². The highest BCUT2D eigenvalue weighted by molar-refractivity contribution is 7.99. The number of nitrogens with one attached hydrogen (secondary N) is 1. The monoisotopic (exact) mass is 444 g/mol. The SMILES string of the molecule is O=C(CN1CCN(C(=O)CSc2nc3ccccc3o2)CC1)Nc1ccccc1Cl. The number of carbonyl (C=O) groups excluding carboxylic acids is 2. The van der Waals surface area contributed by atoms with E-state index in [9.17, 15) is 9.59 Å². The van der Waals surface area contributed by atoms with Gasteiger partial charge in [-0.2, -0.15) is 0 Å². The minimum Gasteiger partial charge on any atom is -0.431 e. The third kappa shape index (κ3) is 5.13. The molecule has 1 aliphatic rings. The molecule has 1 fully saturated rings. The number of oxazole rings is 1. The van der Waals surface area contributed by atoms with E-state index >= 15 is 0 Å². The van der Waals surface area contributed by atoms with Crippen LogP contribution in [0.1, 0.15) is 0 Å². The van der Waals surface area contributed by atoms with E-state index in [2.05, 4.69) is 10.3 Å². The van der Waals surface area contributed by atoms with E-state index in [1.54, 1.807) is 12.1 Å². The highest BCUT2D eigenvalue weighted by Crippen LogP contribution is 2.23. The number of carbonyl (C=O) groups is 2. The van der Waals surface area contributed by atoms with Crippen molar-refractivity contribution in [2.75, 3.05) is 43.8 Å². The van der Waals surface area contributed by atoms with Crippen LogP contribution in [0.5, 0.6) is 0 Å². The van der Waals surface area contributed by atoms with Crippen molar-refractivity contribution >= 4 is 52.0 Å². The topological polar surface area (TPSA) is 78.7 Å². The van der Waals surface area contributed by atoms with Gasteiger partial charge in [0.2, 0.25) is 11.8 Å². The first-order valence-electron chi connectivity index (χ1n) is 9.61. The van der Waals surface area contributed by atoms with E-state index in [0.717, 1.165) is 11.1 Å². The number of anilines is 1. The molecule has 0 unspecified atom stereocenters. The lowest BCUT2D eigenvalue weighted by Crippen LogP contribution is -2.50. The van der Waals surface area contributed by atoms with Gasteiger partial charge in [0.15, 0.2) is 5.58 Å². The largest absolute Gasteiger partial charge is 0.431 e. The fraction of sp³-hybridized carbons (Fsp3) is 0.286. The van der Waals surface area contributed by atoms with Gasteiger partial charge in [0.25, 0.3) is 5.22 Å². The summed E-state index contributed by atoms with van der Waals surface area (Å²) in [7, 11) is 0. The van der Waals surface area contributed by atoms with Gasteiger partial charge in [-0.15, -0.1) is 0 Å². The molecule has 0 aliphatic carbocycles. The van der Waals surface area contributed by atoms with Crippen molar-refractivity contribution in [2.45, 2.75) is 5.22 Å². The molecule has 0 bridgehead atoms. The maximum Gasteiger partial charge on any atom is 0.257 e. The summed E-state index contributed by atoms with van der Waals surface area (Å²) in [5, 5.41) is 3.84. The van der Waals surface area contributed by atoms with Crippen LogP contribution in [-0.4, -0.2) is 65.1 Å². The zero-order valence-electron chi connectivity index (χ0n) is 16.2. The zero-order chi connectivity index (χ0) is 20.9. The lowest BCUT2D eigenvalue weighted by molar-refractivity contribution is -0.130. The minimum absolute atomic E-state index is 0.0439. The fourth-order valence-electron chi connectivity index (χ4n) is 3.24. The Morgan fingerprint density at radius 1 is 1.07 bits per heavy atom. The summed E-state index contributed by atoms with van der Waals surface area (Å²) in [6.07, 6.45) is 0. The summed E-state index contributed by atoms with van der Waals surface area (Å²) in [5.74, 6) is 0.205. The third-order valence-electron chi connectivity index (χ3n) is 4.83. The summed E-state index contributed by atoms with van der Waals surface area (Å²) in [5.41, 5.74) is 2.11. The van der Waals surface area contributed by atoms with E-state index in [4.69, 9.17) is 16.0 Å². The molecule has 9 heteroatoms. The maximum absolute atomic E-state index is 12.5. The Kier molecular flexibility index (Phi) is 6.56. The van der Waals surface area contributed by atoms with Gasteiger partial charge in [0.05, 0.1) is 23.0 Å². The molecule has 156 valence electrons. The number of rotatable bonds is 6. The van der Waals surface area contributed by atoms with Crippen molar-refractivity contribution < 1.29 is 14.0 Å². The summed E-state index contributed by atoms with van der Waals surface area (Å²) in [6, 6.07) is 14.7. The number of nitrogens with zero attached hydrogens (tertiary/aromatic N) is 3. The minimum atomic E-state index is -0.116. The molecule has 30 heavy (non-hydrogen) atoms. The van der Waals surface area contributed by atoms with Gasteiger partial charge in [0.1, 0.15) is 5.52 Å². The molecule has 1 saturated heterocycles. The molecule has 0 atom stereocenters. The average molecular weight is 445 g/mol. The molecule has 1 aromatic heterocycles. The molecule has 2 heterocycles. The second-order valence-electron chi connectivity index (χ2n) is 6.92. The van der Waals surface area contributed by atoms with Crippen molar-refractivity contribution in [3.8, 4) is 0 Å². The number of thioether (sulfide) groups is 1. The first kappa shape index (κ1) is 20.7. The number of hydrogen-bond acceptors (Lipinski definition) is 6. The molecular formula is C21H21ClN4O3S. The van der Waals surface area contributed by atoms with Gasteiger partial charge in [0, 0.05) is 26.2 Å². The van der Waals surface area contributed by atoms with Crippen LogP contribution in [0.25, 0.3) is 11.1 Å². The van der Waals surface area contributed by atoms with Gasteiger partial charge in [-0.25, -0.2) is 4.98 Å². The first-order valence-corrected chi connectivity index (χ1v) is 11.0. The van der Waals surface area contributed by atoms with Crippen LogP contribution in [0.3, 0.4) is 0 Å². The van der Waals surface area contributed by atoms with Crippen molar-refractivity contribution in [2.24, 2.45) is 0 Å². The Morgan fingerprint density at radius 2 is 1.80 bits per heavy atom. The van der Waals surface area contributed by atoms with E-state index in [1.807, 2.05) is 46.2 Å². The maximum atomic E-state index is 12.5. The summed E-state index contributed by atoms with van der Waals surface area (Å²) >= 11 is 7.38. The number of amides is 2. The molecular weight excluding hydrogens is 424 g/mol. The number of fused-ring (bicyclic) bond motifs is 1. The van der Waals surface area contributed by atoms with Crippen LogP contribution in [0, 0.1) is 0 Å². The molecule has 0 saturated carbocycles. The lowest BCUT2D eigenvalue weighted by Gasteiger charge is -2.34. The standard InChI is InChI=1S/C21H21ClN4O3S/c22-15-5-1-2-6-16(15)23-19(27)13-25-9-11-26(12-10-25)20(28)14-30-21-24-17-7-3-4-8-18(17)29-21/h1-8H,9-14H2,(H,23,27). The molecule has 0 radical (unpaired) electrons. The van der Waals surface area contributed by atoms with Crippen molar-refractivity contribution in [1.29, 1.82) is 0 Å². The van der Waals surface area contributed by atoms with E-state index in [1.165, 1.54) is 11.8 Å². The highest BCUT2D eigenvalue weighted by atomic mass is 35.5. The van der Waals surface area contributed by atoms with Crippen molar-refractivity contribution in [1.82, 2.24) is 14.8 Å². The van der Waals surface area contributed by atoms with Crippen LogP contribution >= 0.6 is 23.4 Å². The fourth-order valence-corrected chi connectivity index (χ4v) is 4.16. The number of benzene rings is 2. The number of piperazine rings is 1. The Labute approximate surface area is 183 Å². The van der Waals surface area contributed by atoms with Crippen LogP contribution in [0.15, 0.2) is 58.2 Å². The van der Waals surface area contributed by atoms with E-state index in [-0.39, 0.29) is 24.1 Å². The number of aromatic nitrogens is 1. The van der Waals surface area contributed by atoms with Gasteiger partial charge in [-0.3, -0.25) is 14.5 Å². The second-order valence-corrected chi connectivity index (χ2v) is 8.25. The van der Waals surface area contributed by atoms with Crippen LogP contribution in [0.4, 0.5) is 5.69 Å². The molecule has 0 spiro atoms. The number of para-hydroxylation sites is 3. The predicted octanol–water partition coefficient (Wildman–Crippen LogP) is 3.36. The quantitative estimate of drug-likeness (QED) is 0.587. The molecule has 3 aromatic rings. The Hall–Kier alpha value is -2.55. The first-order chi connectivity index (χ1) is 14.6. The molecule has 2 aromatic carbocycles. The summed E-state index contributed by atoms with van der Waals surface area (Å²) in [4.78, 5) is 33.0. The van der Waals surface area contributed by atoms with Gasteiger partial charge in [-0.1, -0.05) is 47.6 Å². The smallest absolute Gasteiger partial charge is 0.257 e. The molecule has 4 rings (SSSR count). The van der Waals surface area contributed by atoms with Gasteiger partial charge < -0.3 is 14.6 Å². The molecule has 7 nitrogen and oxygen atoms in total. The Morgan fingerprint density at radius 3 is 2.57 bits per heavy atom. The molecule has 2 amide bonds. The zero-order valence-corrected chi connectivity index (χ0v) is 17.8. The summed E-state index contributed by atoms with van der Waals surface area (Å²) in [6.45, 7) is 2.74. The number of hydrogen-bond donors (Lipinski definition) is 1. The Bertz CT molecular complexity index is 1020. The van der Waals surface area contributed by atoms with Crippen molar-refractivity contribution in [3.05, 3.63) is 53.6 Å². The normalized spacial score (nSPS) is 14.8. The highest BCUT2D eigenvalue weighted by Gasteiger charge is 2.23. The molecule has 1 N–H and O–H groups in total. The van der Waals surface area contributed by atoms with Crippen LogP contribution < -0.4 is 5.32 Å². The second kappa shape index (κ2) is 9.51. The number of halogens is 1. The van der Waals surface area contributed by atoms with Gasteiger partial charge in [-0.05, 0) is 24.3 Å². The Balaban J connectivity index is 1.21. The predicted molar refractivity (Wildman–Crippen MR) is 118 cm³/mol. The molecule has 1 aliphatic heterocycles. The third-order valence-corrected chi connectivity index (χ3v) is 5.98. The summed E-state index contributed by atoms with van der Waals surface area (Å²) < 4.78 is 5.64. The van der Waals surface area contributed by atoms with E-state index < -0.39 is 0 Å². The van der Waals surface area contributed by atoms with Crippen molar-refractivity contribution in [3.63, 3.8) is 0 Å². The van der Waals surface area contributed by atoms with E-state index in [0.29, 0.717) is 42.1 Å². The lowest BCUT2D eigenvalue weighted by atomic mass is 10.3.